The molecule has 1 aromatic heterocycles. The molecule has 1 aromatic carbocycles. The molecule has 1 atom stereocenters. The molecule has 3 heterocycles. The number of halogens is 2. The Morgan fingerprint density at radius 2 is 1.92 bits per heavy atom. The number of aromatic nitrogens is 1. The zero-order valence-electron chi connectivity index (χ0n) is 21.5. The van der Waals surface area contributed by atoms with Crippen LogP contribution in [0.3, 0.4) is 0 Å². The van der Waals surface area contributed by atoms with Crippen molar-refractivity contribution in [2.45, 2.75) is 44.6 Å². The van der Waals surface area contributed by atoms with E-state index in [0.29, 0.717) is 18.1 Å². The van der Waals surface area contributed by atoms with Gasteiger partial charge in [0.25, 0.3) is 0 Å². The second kappa shape index (κ2) is 9.21. The van der Waals surface area contributed by atoms with Crippen molar-refractivity contribution in [2.24, 2.45) is 5.73 Å². The first-order chi connectivity index (χ1) is 17.9. The number of alkyl halides is 1. The molecular weight excluding hydrogens is 492 g/mol. The lowest BCUT2D eigenvalue weighted by molar-refractivity contribution is -0.0295. The second-order valence-electron chi connectivity index (χ2n) is 10.9. The van der Waals surface area contributed by atoms with Gasteiger partial charge < -0.3 is 26.0 Å². The van der Waals surface area contributed by atoms with Crippen molar-refractivity contribution in [1.29, 1.82) is 0 Å². The number of aromatic carboxylic acids is 1. The third-order valence-corrected chi connectivity index (χ3v) is 7.11. The fraction of sp³-hybridized carbons (Fsp3) is 0.357. The number of hydrogen-bond acceptors (Lipinski definition) is 6. The zero-order chi connectivity index (χ0) is 27.4. The van der Waals surface area contributed by atoms with Crippen LogP contribution in [0.5, 0.6) is 0 Å². The summed E-state index contributed by atoms with van der Waals surface area (Å²) in [6.45, 7) is 6.73. The molecule has 2 aliphatic heterocycles. The smallest absolute Gasteiger partial charge is 0.341 e. The average Bonchev–Trinajstić information content (AvgIpc) is 2.81. The number of nitrogens with zero attached hydrogens (tertiary/aromatic N) is 2. The molecule has 0 saturated carbocycles. The molecule has 3 aliphatic rings. The standard InChI is InChI=1S/C28H31F2N5O3/c1-27(2,3)35-15-21(26(37)38)24(36)20-10-17-11-23(29)28(30,12-22(17)33-25(20)35)34-13-19(14-34)32-18-6-4-16(5-7-18)8-9-31/h4-7,10-12,15,19,32-33H,8-9,13-14,31H2,1-3H3,(H,37,38). The number of likely N-dealkylation sites (tertiary alicyclic amines) is 1. The van der Waals surface area contributed by atoms with Gasteiger partial charge in [-0.3, -0.25) is 9.69 Å². The van der Waals surface area contributed by atoms with E-state index in [4.69, 9.17) is 5.73 Å². The lowest BCUT2D eigenvalue weighted by Crippen LogP contribution is -2.63. The number of anilines is 2. The van der Waals surface area contributed by atoms with Crippen LogP contribution in [-0.4, -0.2) is 52.0 Å². The Labute approximate surface area is 219 Å². The highest BCUT2D eigenvalue weighted by atomic mass is 19.2. The summed E-state index contributed by atoms with van der Waals surface area (Å²) in [7, 11) is 0. The van der Waals surface area contributed by atoms with Gasteiger partial charge in [0.05, 0.1) is 11.6 Å². The van der Waals surface area contributed by atoms with Crippen LogP contribution in [0.1, 0.15) is 42.3 Å². The predicted octanol–water partition coefficient (Wildman–Crippen LogP) is 3.82. The summed E-state index contributed by atoms with van der Waals surface area (Å²) in [6, 6.07) is 7.84. The van der Waals surface area contributed by atoms with Gasteiger partial charge in [0.1, 0.15) is 11.4 Å². The number of nitrogens with two attached hydrogens (primary N) is 1. The number of carboxylic acid groups (broad SMARTS) is 1. The summed E-state index contributed by atoms with van der Waals surface area (Å²) >= 11 is 0. The van der Waals surface area contributed by atoms with Crippen LogP contribution < -0.4 is 21.8 Å². The number of nitrogens with one attached hydrogen (secondary N) is 2. The summed E-state index contributed by atoms with van der Waals surface area (Å²) in [6.07, 6.45) is 5.76. The first kappa shape index (κ1) is 25.9. The van der Waals surface area contributed by atoms with Crippen LogP contribution in [0, 0.1) is 0 Å². The summed E-state index contributed by atoms with van der Waals surface area (Å²) in [5.74, 6) is -4.46. The van der Waals surface area contributed by atoms with Gasteiger partial charge >= 0.3 is 5.97 Å². The van der Waals surface area contributed by atoms with Crippen LogP contribution in [-0.2, 0) is 12.0 Å². The number of allylic oxidation sites excluding steroid dienone is 1. The van der Waals surface area contributed by atoms with E-state index in [2.05, 4.69) is 10.6 Å². The largest absolute Gasteiger partial charge is 0.477 e. The number of rotatable bonds is 6. The molecule has 1 aliphatic carbocycles. The topological polar surface area (TPSA) is 113 Å². The number of carbonyl (C=O) groups is 1. The first-order valence-corrected chi connectivity index (χ1v) is 12.5. The quantitative estimate of drug-likeness (QED) is 0.426. The average molecular weight is 524 g/mol. The lowest BCUT2D eigenvalue weighted by atomic mass is 9.91. The van der Waals surface area contributed by atoms with Crippen molar-refractivity contribution >= 4 is 23.6 Å². The second-order valence-corrected chi connectivity index (χ2v) is 10.9. The molecule has 5 N–H and O–H groups in total. The third kappa shape index (κ3) is 4.43. The Bertz CT molecular complexity index is 1450. The number of benzene rings is 1. The summed E-state index contributed by atoms with van der Waals surface area (Å²) in [4.78, 5) is 26.0. The number of pyridine rings is 1. The fourth-order valence-electron chi connectivity index (χ4n) is 5.00. The van der Waals surface area contributed by atoms with Crippen molar-refractivity contribution in [3.63, 3.8) is 0 Å². The van der Waals surface area contributed by atoms with Gasteiger partial charge in [0, 0.05) is 41.8 Å². The van der Waals surface area contributed by atoms with Gasteiger partial charge in [-0.05, 0) is 69.7 Å². The zero-order valence-corrected chi connectivity index (χ0v) is 21.5. The molecule has 2 aromatic rings. The Hall–Kier alpha value is -3.76. The minimum atomic E-state index is -2.45. The molecular formula is C28H31F2N5O3. The van der Waals surface area contributed by atoms with Gasteiger partial charge in [-0.15, -0.1) is 0 Å². The van der Waals surface area contributed by atoms with Crippen LogP contribution in [0.2, 0.25) is 0 Å². The molecule has 1 saturated heterocycles. The summed E-state index contributed by atoms with van der Waals surface area (Å²) in [5, 5.41) is 16.0. The molecule has 38 heavy (non-hydrogen) atoms. The van der Waals surface area contributed by atoms with Gasteiger partial charge in [-0.25, -0.2) is 13.6 Å². The summed E-state index contributed by atoms with van der Waals surface area (Å²) in [5.41, 5.74) is 6.64. The van der Waals surface area contributed by atoms with Gasteiger partial charge in [0.2, 0.25) is 11.2 Å². The van der Waals surface area contributed by atoms with E-state index >= 15 is 8.78 Å². The van der Waals surface area contributed by atoms with Gasteiger partial charge in [-0.1, -0.05) is 12.1 Å². The minimum absolute atomic E-state index is 0.0494. The van der Waals surface area contributed by atoms with Crippen molar-refractivity contribution in [3.05, 3.63) is 86.6 Å². The summed E-state index contributed by atoms with van der Waals surface area (Å²) < 4.78 is 33.0. The van der Waals surface area contributed by atoms with E-state index in [1.165, 1.54) is 23.2 Å². The number of fused-ring (bicyclic) bond motifs is 2. The molecule has 0 spiro atoms. The Balaban J connectivity index is 1.40. The maximum Gasteiger partial charge on any atom is 0.341 e. The monoisotopic (exact) mass is 523 g/mol. The van der Waals surface area contributed by atoms with Crippen LogP contribution in [0.15, 0.2) is 64.5 Å². The van der Waals surface area contributed by atoms with E-state index in [-0.39, 0.29) is 30.3 Å². The fourth-order valence-corrected chi connectivity index (χ4v) is 5.00. The normalized spacial score (nSPS) is 21.3. The van der Waals surface area contributed by atoms with E-state index in [1.807, 2.05) is 45.0 Å². The van der Waals surface area contributed by atoms with Crippen LogP contribution in [0.4, 0.5) is 20.3 Å². The van der Waals surface area contributed by atoms with Gasteiger partial charge in [0.15, 0.2) is 5.83 Å². The number of carboxylic acids is 1. The highest BCUT2D eigenvalue weighted by molar-refractivity contribution is 5.90. The minimum Gasteiger partial charge on any atom is -0.477 e. The molecule has 10 heteroatoms. The van der Waals surface area contributed by atoms with Crippen LogP contribution in [0.25, 0.3) is 6.08 Å². The SMILES string of the molecule is CC(C)(C)n1cc(C(=O)O)c(=O)c2c1NC1=CC(F)(N3CC(Nc4ccc(CCN)cc4)C3)C(F)=CC1=C2. The highest BCUT2D eigenvalue weighted by Gasteiger charge is 2.49. The molecule has 0 bridgehead atoms. The third-order valence-electron chi connectivity index (χ3n) is 7.11. The van der Waals surface area contributed by atoms with Crippen LogP contribution >= 0.6 is 0 Å². The Morgan fingerprint density at radius 3 is 2.53 bits per heavy atom. The van der Waals surface area contributed by atoms with E-state index in [9.17, 15) is 14.7 Å². The Kier molecular flexibility index (Phi) is 6.27. The Morgan fingerprint density at radius 1 is 1.24 bits per heavy atom. The van der Waals surface area contributed by atoms with E-state index in [1.54, 1.807) is 4.57 Å². The molecule has 0 amide bonds. The van der Waals surface area contributed by atoms with Crippen molar-refractivity contribution in [2.75, 3.05) is 30.3 Å². The first-order valence-electron chi connectivity index (χ1n) is 12.5. The highest BCUT2D eigenvalue weighted by Crippen LogP contribution is 2.43. The van der Waals surface area contributed by atoms with Crippen molar-refractivity contribution < 1.29 is 18.7 Å². The van der Waals surface area contributed by atoms with E-state index < -0.39 is 34.1 Å². The molecule has 1 unspecified atom stereocenters. The van der Waals surface area contributed by atoms with Crippen molar-refractivity contribution in [1.82, 2.24) is 9.47 Å². The molecule has 5 rings (SSSR count). The molecule has 8 nitrogen and oxygen atoms in total. The van der Waals surface area contributed by atoms with Crippen molar-refractivity contribution in [3.8, 4) is 0 Å². The van der Waals surface area contributed by atoms with Gasteiger partial charge in [-0.2, -0.15) is 0 Å². The maximum atomic E-state index is 16.1. The lowest BCUT2D eigenvalue weighted by Gasteiger charge is -2.47. The molecule has 200 valence electrons. The molecule has 0 radical (unpaired) electrons. The molecule has 1 fully saturated rings. The number of hydrogen-bond donors (Lipinski definition) is 4. The predicted molar refractivity (Wildman–Crippen MR) is 144 cm³/mol. The van der Waals surface area contributed by atoms with E-state index in [0.717, 1.165) is 23.7 Å². The maximum absolute atomic E-state index is 16.1.